The number of anilines is 2. The molecule has 1 amide bonds. The number of phenols is 1. The number of hydrogen-bond acceptors (Lipinski definition) is 9. The van der Waals surface area contributed by atoms with Crippen LogP contribution in [0.5, 0.6) is 17.4 Å². The Morgan fingerprint density at radius 3 is 2.66 bits per heavy atom. The largest absolute Gasteiger partial charge is 0.508 e. The maximum absolute atomic E-state index is 12.3. The first-order chi connectivity index (χ1) is 18.3. The molecule has 0 atom stereocenters. The van der Waals surface area contributed by atoms with Gasteiger partial charge >= 0.3 is 0 Å². The molecule has 3 aromatic rings. The maximum atomic E-state index is 12.3. The molecule has 2 aromatic carbocycles. The summed E-state index contributed by atoms with van der Waals surface area (Å²) in [5.74, 6) is 0.166. The number of aromatic nitrogens is 2. The zero-order chi connectivity index (χ0) is 27.2. The van der Waals surface area contributed by atoms with Gasteiger partial charge in [-0.3, -0.25) is 9.69 Å². The van der Waals surface area contributed by atoms with Gasteiger partial charge in [0.1, 0.15) is 17.1 Å². The number of ether oxygens (including phenoxy) is 3. The summed E-state index contributed by atoms with van der Waals surface area (Å²) in [6.07, 6.45) is 0.930. The SMILES string of the molecule is COc1nc(Nc2ccc(OCCCN3CCOCC3)c(C)c2)nc(-c2c(Cl)ccc(O)c2C)c1C(N)=O. The van der Waals surface area contributed by atoms with E-state index in [4.69, 9.17) is 31.5 Å². The summed E-state index contributed by atoms with van der Waals surface area (Å²) in [5, 5.41) is 13.7. The summed E-state index contributed by atoms with van der Waals surface area (Å²) in [7, 11) is 1.38. The van der Waals surface area contributed by atoms with Crippen LogP contribution in [0.1, 0.15) is 27.9 Å². The van der Waals surface area contributed by atoms with Crippen LogP contribution in [0, 0.1) is 13.8 Å². The van der Waals surface area contributed by atoms with Crippen LogP contribution in [-0.2, 0) is 4.74 Å². The number of nitrogens with one attached hydrogen (secondary N) is 1. The van der Waals surface area contributed by atoms with E-state index in [1.807, 2.05) is 25.1 Å². The smallest absolute Gasteiger partial charge is 0.256 e. The van der Waals surface area contributed by atoms with Crippen LogP contribution < -0.4 is 20.5 Å². The number of carbonyl (C=O) groups excluding carboxylic acids is 1. The first-order valence-corrected chi connectivity index (χ1v) is 12.7. The molecule has 38 heavy (non-hydrogen) atoms. The number of amides is 1. The number of methoxy groups -OCH3 is 1. The second-order valence-electron chi connectivity index (χ2n) is 8.97. The molecule has 1 fully saturated rings. The molecule has 0 aliphatic carbocycles. The molecule has 0 radical (unpaired) electrons. The maximum Gasteiger partial charge on any atom is 0.256 e. The molecular formula is C27H32ClN5O5. The van der Waals surface area contributed by atoms with Gasteiger partial charge in [-0.2, -0.15) is 4.98 Å². The standard InChI is InChI=1S/C27H32ClN5O5/c1-16-15-18(5-8-21(16)38-12-4-9-33-10-13-37-14-11-33)30-27-31-24(23(25(29)35)26(32-27)36-3)22-17(2)20(34)7-6-19(22)28/h5-8,15,34H,4,9-14H2,1-3H3,(H2,29,35)(H,30,31,32). The first kappa shape index (κ1) is 27.4. The van der Waals surface area contributed by atoms with E-state index in [-0.39, 0.29) is 28.8 Å². The van der Waals surface area contributed by atoms with Crippen molar-refractivity contribution in [3.8, 4) is 28.6 Å². The molecule has 1 saturated heterocycles. The molecule has 4 N–H and O–H groups in total. The zero-order valence-corrected chi connectivity index (χ0v) is 22.5. The van der Waals surface area contributed by atoms with Crippen LogP contribution >= 0.6 is 11.6 Å². The minimum atomic E-state index is -0.784. The molecule has 0 unspecified atom stereocenters. The van der Waals surface area contributed by atoms with E-state index >= 15 is 0 Å². The fourth-order valence-electron chi connectivity index (χ4n) is 4.32. The van der Waals surface area contributed by atoms with E-state index in [9.17, 15) is 9.90 Å². The molecule has 1 aliphatic heterocycles. The summed E-state index contributed by atoms with van der Waals surface area (Å²) in [4.78, 5) is 23.6. The van der Waals surface area contributed by atoms with Crippen LogP contribution in [0.2, 0.25) is 5.02 Å². The number of nitrogens with two attached hydrogens (primary N) is 1. The number of morpholine rings is 1. The monoisotopic (exact) mass is 541 g/mol. The van der Waals surface area contributed by atoms with Gasteiger partial charge in [-0.15, -0.1) is 0 Å². The van der Waals surface area contributed by atoms with Crippen molar-refractivity contribution < 1.29 is 24.1 Å². The first-order valence-electron chi connectivity index (χ1n) is 12.3. The predicted octanol–water partition coefficient (Wildman–Crippen LogP) is 4.07. The van der Waals surface area contributed by atoms with Crippen LogP contribution in [0.4, 0.5) is 11.6 Å². The van der Waals surface area contributed by atoms with Crippen molar-refractivity contribution in [3.63, 3.8) is 0 Å². The fourth-order valence-corrected chi connectivity index (χ4v) is 4.61. The van der Waals surface area contributed by atoms with Crippen molar-refractivity contribution >= 4 is 29.1 Å². The molecule has 4 rings (SSSR count). The topological polar surface area (TPSA) is 132 Å². The van der Waals surface area contributed by atoms with Crippen molar-refractivity contribution in [1.29, 1.82) is 0 Å². The number of aryl methyl sites for hydroxylation is 1. The Kier molecular flexibility index (Phi) is 8.88. The number of primary amides is 1. The third-order valence-electron chi connectivity index (χ3n) is 6.35. The van der Waals surface area contributed by atoms with Gasteiger partial charge in [-0.25, -0.2) is 4.98 Å². The van der Waals surface area contributed by atoms with Gasteiger partial charge in [0.15, 0.2) is 0 Å². The van der Waals surface area contributed by atoms with Crippen LogP contribution in [0.25, 0.3) is 11.3 Å². The number of hydrogen-bond donors (Lipinski definition) is 3. The van der Waals surface area contributed by atoms with Gasteiger partial charge in [0.25, 0.3) is 5.91 Å². The number of phenolic OH excluding ortho intramolecular Hbond substituents is 1. The Morgan fingerprint density at radius 2 is 1.97 bits per heavy atom. The van der Waals surface area contributed by atoms with Crippen LogP contribution in [0.15, 0.2) is 30.3 Å². The van der Waals surface area contributed by atoms with Gasteiger partial charge in [0.05, 0.1) is 37.6 Å². The average molecular weight is 542 g/mol. The van der Waals surface area contributed by atoms with Gasteiger partial charge in [-0.05, 0) is 56.2 Å². The average Bonchev–Trinajstić information content (AvgIpc) is 2.90. The lowest BCUT2D eigenvalue weighted by molar-refractivity contribution is 0.0358. The van der Waals surface area contributed by atoms with E-state index in [1.54, 1.807) is 6.92 Å². The van der Waals surface area contributed by atoms with Crippen molar-refractivity contribution in [2.75, 3.05) is 51.9 Å². The minimum Gasteiger partial charge on any atom is -0.508 e. The Balaban J connectivity index is 1.54. The Bertz CT molecular complexity index is 1310. The second-order valence-corrected chi connectivity index (χ2v) is 9.38. The Hall–Kier alpha value is -3.60. The fraction of sp³-hybridized carbons (Fsp3) is 0.370. The zero-order valence-electron chi connectivity index (χ0n) is 21.7. The summed E-state index contributed by atoms with van der Waals surface area (Å²) in [6.45, 7) is 8.74. The van der Waals surface area contributed by atoms with Crippen LogP contribution in [0.3, 0.4) is 0 Å². The number of rotatable bonds is 10. The van der Waals surface area contributed by atoms with E-state index in [0.717, 1.165) is 50.6 Å². The highest BCUT2D eigenvalue weighted by molar-refractivity contribution is 6.33. The number of benzene rings is 2. The Labute approximate surface area is 226 Å². The van der Waals surface area contributed by atoms with Crippen molar-refractivity contribution in [2.24, 2.45) is 5.73 Å². The van der Waals surface area contributed by atoms with Gasteiger partial charge in [0, 0.05) is 36.4 Å². The van der Waals surface area contributed by atoms with E-state index in [0.29, 0.717) is 28.4 Å². The highest BCUT2D eigenvalue weighted by atomic mass is 35.5. The molecule has 0 saturated carbocycles. The molecule has 1 aromatic heterocycles. The molecule has 1 aliphatic rings. The molecule has 11 heteroatoms. The van der Waals surface area contributed by atoms with Gasteiger partial charge in [-0.1, -0.05) is 11.6 Å². The summed E-state index contributed by atoms with van der Waals surface area (Å²) in [5.41, 5.74) is 8.22. The summed E-state index contributed by atoms with van der Waals surface area (Å²) in [6, 6.07) is 8.65. The molecule has 2 heterocycles. The molecule has 202 valence electrons. The van der Waals surface area contributed by atoms with Crippen LogP contribution in [-0.4, -0.2) is 72.4 Å². The van der Waals surface area contributed by atoms with E-state index in [2.05, 4.69) is 20.2 Å². The summed E-state index contributed by atoms with van der Waals surface area (Å²) >= 11 is 6.45. The normalized spacial score (nSPS) is 13.8. The van der Waals surface area contributed by atoms with Crippen molar-refractivity contribution in [1.82, 2.24) is 14.9 Å². The van der Waals surface area contributed by atoms with Gasteiger partial charge < -0.3 is 30.4 Å². The predicted molar refractivity (Wildman–Crippen MR) is 146 cm³/mol. The minimum absolute atomic E-state index is 0.00284. The number of halogens is 1. The van der Waals surface area contributed by atoms with Crippen molar-refractivity contribution in [3.05, 3.63) is 52.0 Å². The molecule has 0 spiro atoms. The number of aromatic hydroxyl groups is 1. The lowest BCUT2D eigenvalue weighted by Crippen LogP contribution is -2.37. The van der Waals surface area contributed by atoms with E-state index in [1.165, 1.54) is 19.2 Å². The lowest BCUT2D eigenvalue weighted by Gasteiger charge is -2.26. The quantitative estimate of drug-likeness (QED) is 0.325. The second kappa shape index (κ2) is 12.3. The number of carbonyl (C=O) groups is 1. The molecule has 10 nitrogen and oxygen atoms in total. The lowest BCUT2D eigenvalue weighted by atomic mass is 10.0. The van der Waals surface area contributed by atoms with Crippen molar-refractivity contribution in [2.45, 2.75) is 20.3 Å². The highest BCUT2D eigenvalue weighted by Crippen LogP contribution is 2.39. The third kappa shape index (κ3) is 6.27. The molecular weight excluding hydrogens is 510 g/mol. The third-order valence-corrected chi connectivity index (χ3v) is 6.66. The van der Waals surface area contributed by atoms with Gasteiger partial charge in [0.2, 0.25) is 11.8 Å². The molecule has 0 bridgehead atoms. The Morgan fingerprint density at radius 1 is 1.21 bits per heavy atom. The number of nitrogens with zero attached hydrogens (tertiary/aromatic N) is 3. The highest BCUT2D eigenvalue weighted by Gasteiger charge is 2.25. The van der Waals surface area contributed by atoms with E-state index < -0.39 is 5.91 Å². The summed E-state index contributed by atoms with van der Waals surface area (Å²) < 4.78 is 16.8.